The monoisotopic (exact) mass is 753 g/mol. The molecule has 0 saturated carbocycles. The van der Waals surface area contributed by atoms with E-state index in [-0.39, 0.29) is 0 Å². The van der Waals surface area contributed by atoms with Crippen molar-refractivity contribution >= 4 is 72.8 Å². The Morgan fingerprint density at radius 3 is 1.68 bits per heavy atom. The third-order valence-electron chi connectivity index (χ3n) is 12.7. The van der Waals surface area contributed by atoms with Crippen LogP contribution in [0.4, 0.5) is 34.1 Å². The molecule has 0 N–H and O–H groups in total. The first-order chi connectivity index (χ1) is 29.2. The lowest BCUT2D eigenvalue weighted by Crippen LogP contribution is -2.23. The van der Waals surface area contributed by atoms with Crippen LogP contribution < -0.4 is 9.80 Å². The summed E-state index contributed by atoms with van der Waals surface area (Å²) in [6.07, 6.45) is 4.80. The Bertz CT molecular complexity index is 3250. The molecule has 278 valence electrons. The fourth-order valence-corrected chi connectivity index (χ4v) is 10.2. The molecule has 1 aromatic heterocycles. The van der Waals surface area contributed by atoms with Crippen LogP contribution in [0.3, 0.4) is 0 Å². The van der Waals surface area contributed by atoms with Crippen LogP contribution in [0.2, 0.25) is 0 Å². The van der Waals surface area contributed by atoms with Crippen LogP contribution in [0.5, 0.6) is 0 Å². The molecule has 2 aliphatic rings. The maximum Gasteiger partial charge on any atom is 0.0654 e. The standard InChI is InChI=1S/C56H39N3/c1-57-52-28-16-14-24-44(52)46-31-29-43(36-53(46)57)59(41-22-9-4-10-23-41)54-37-51-55(47-26-13-12-25-45(47)54)48-32-30-42(35-50(48)56(51)34-33-38-17-11-15-27-49(38)56)58(39-18-5-2-6-19-39)40-20-7-3-8-21-40/h2-37H,1H3. The molecule has 0 amide bonds. The van der Waals surface area contributed by atoms with Gasteiger partial charge >= 0.3 is 0 Å². The topological polar surface area (TPSA) is 11.4 Å². The molecule has 3 heteroatoms. The predicted octanol–water partition coefficient (Wildman–Crippen LogP) is 14.8. The smallest absolute Gasteiger partial charge is 0.0654 e. The SMILES string of the molecule is Cn1c2ccccc2c2ccc(N(c3ccccc3)c3cc4c(c5ccccc35)-c3ccc(N(c5ccccc5)c5ccccc5)cc3C43C=Cc4ccccc43)cc21. The Morgan fingerprint density at radius 2 is 0.949 bits per heavy atom. The first-order valence-corrected chi connectivity index (χ1v) is 20.4. The summed E-state index contributed by atoms with van der Waals surface area (Å²) in [4.78, 5) is 4.85. The van der Waals surface area contributed by atoms with Crippen LogP contribution in [0.1, 0.15) is 22.3 Å². The summed E-state index contributed by atoms with van der Waals surface area (Å²) in [6, 6.07) is 75.6. The highest BCUT2D eigenvalue weighted by molar-refractivity contribution is 6.13. The van der Waals surface area contributed by atoms with E-state index in [1.165, 1.54) is 66.0 Å². The summed E-state index contributed by atoms with van der Waals surface area (Å²) in [5.41, 5.74) is 16.5. The van der Waals surface area contributed by atoms with Gasteiger partial charge in [-0.15, -0.1) is 0 Å². The molecule has 0 aliphatic heterocycles. The van der Waals surface area contributed by atoms with Crippen LogP contribution in [0, 0.1) is 0 Å². The van der Waals surface area contributed by atoms with Crippen LogP contribution in [0.15, 0.2) is 212 Å². The average molecular weight is 754 g/mol. The number of hydrogen-bond donors (Lipinski definition) is 0. The molecule has 10 aromatic rings. The zero-order chi connectivity index (χ0) is 39.1. The Labute approximate surface area is 344 Å². The summed E-state index contributed by atoms with van der Waals surface area (Å²) in [5, 5.41) is 4.99. The van der Waals surface area contributed by atoms with Crippen molar-refractivity contribution in [2.24, 2.45) is 7.05 Å². The zero-order valence-electron chi connectivity index (χ0n) is 32.6. The van der Waals surface area contributed by atoms with Crippen molar-refractivity contribution in [1.29, 1.82) is 0 Å². The second kappa shape index (κ2) is 13.0. The fourth-order valence-electron chi connectivity index (χ4n) is 10.2. The minimum Gasteiger partial charge on any atom is -0.344 e. The molecule has 59 heavy (non-hydrogen) atoms. The van der Waals surface area contributed by atoms with E-state index in [2.05, 4.69) is 240 Å². The molecule has 1 atom stereocenters. The van der Waals surface area contributed by atoms with E-state index in [1.807, 2.05) is 0 Å². The second-order valence-electron chi connectivity index (χ2n) is 15.8. The highest BCUT2D eigenvalue weighted by atomic mass is 15.2. The summed E-state index contributed by atoms with van der Waals surface area (Å²) < 4.78 is 2.33. The summed E-state index contributed by atoms with van der Waals surface area (Å²) in [6.45, 7) is 0. The second-order valence-corrected chi connectivity index (χ2v) is 15.8. The van der Waals surface area contributed by atoms with E-state index in [4.69, 9.17) is 0 Å². The highest BCUT2D eigenvalue weighted by Gasteiger charge is 2.47. The van der Waals surface area contributed by atoms with Crippen LogP contribution in [0.25, 0.3) is 49.8 Å². The number of benzene rings is 9. The van der Waals surface area contributed by atoms with Gasteiger partial charge in [0, 0.05) is 57.2 Å². The highest BCUT2D eigenvalue weighted by Crippen LogP contribution is 2.61. The van der Waals surface area contributed by atoms with Crippen molar-refractivity contribution in [3.05, 3.63) is 235 Å². The maximum absolute atomic E-state index is 2.51. The van der Waals surface area contributed by atoms with Gasteiger partial charge in [0.1, 0.15) is 0 Å². The Balaban J connectivity index is 1.14. The molecule has 12 rings (SSSR count). The van der Waals surface area contributed by atoms with Gasteiger partial charge in [0.2, 0.25) is 0 Å². The van der Waals surface area contributed by atoms with Gasteiger partial charge in [-0.05, 0) is 112 Å². The van der Waals surface area contributed by atoms with Crippen LogP contribution in [-0.2, 0) is 12.5 Å². The molecule has 0 fully saturated rings. The van der Waals surface area contributed by atoms with Gasteiger partial charge in [0.05, 0.1) is 16.6 Å². The Morgan fingerprint density at radius 1 is 0.390 bits per heavy atom. The molecule has 1 heterocycles. The predicted molar refractivity (Wildman–Crippen MR) is 248 cm³/mol. The van der Waals surface area contributed by atoms with Crippen LogP contribution >= 0.6 is 0 Å². The van der Waals surface area contributed by atoms with E-state index >= 15 is 0 Å². The van der Waals surface area contributed by atoms with Gasteiger partial charge in [-0.3, -0.25) is 0 Å². The number of aryl methyl sites for hydroxylation is 1. The van der Waals surface area contributed by atoms with Crippen molar-refractivity contribution in [3.63, 3.8) is 0 Å². The van der Waals surface area contributed by atoms with Gasteiger partial charge in [-0.1, -0.05) is 146 Å². The molecule has 1 unspecified atom stereocenters. The quantitative estimate of drug-likeness (QED) is 0.168. The van der Waals surface area contributed by atoms with Crippen LogP contribution in [-0.4, -0.2) is 4.57 Å². The fraction of sp³-hybridized carbons (Fsp3) is 0.0357. The molecule has 0 saturated heterocycles. The number of anilines is 6. The van der Waals surface area contributed by atoms with Gasteiger partial charge in [-0.25, -0.2) is 0 Å². The Hall–Kier alpha value is -7.62. The number of para-hydroxylation sites is 4. The summed E-state index contributed by atoms with van der Waals surface area (Å²) in [7, 11) is 2.18. The first-order valence-electron chi connectivity index (χ1n) is 20.4. The van der Waals surface area contributed by atoms with E-state index in [0.29, 0.717) is 0 Å². The van der Waals surface area contributed by atoms with Gasteiger partial charge < -0.3 is 14.4 Å². The number of hydrogen-bond acceptors (Lipinski definition) is 2. The summed E-state index contributed by atoms with van der Waals surface area (Å²) in [5.74, 6) is 0. The molecular weight excluding hydrogens is 715 g/mol. The molecule has 0 bridgehead atoms. The van der Waals surface area contributed by atoms with Gasteiger partial charge in [-0.2, -0.15) is 0 Å². The molecule has 9 aromatic carbocycles. The number of nitrogens with zero attached hydrogens (tertiary/aromatic N) is 3. The van der Waals surface area contributed by atoms with E-state index in [0.717, 1.165) is 34.1 Å². The molecule has 2 aliphatic carbocycles. The third-order valence-corrected chi connectivity index (χ3v) is 12.7. The largest absolute Gasteiger partial charge is 0.344 e. The minimum absolute atomic E-state index is 0.503. The van der Waals surface area contributed by atoms with E-state index in [9.17, 15) is 0 Å². The maximum atomic E-state index is 2.51. The lowest BCUT2D eigenvalue weighted by molar-refractivity contribution is 0.822. The molecule has 1 spiro atoms. The zero-order valence-corrected chi connectivity index (χ0v) is 32.6. The van der Waals surface area contributed by atoms with Crippen molar-refractivity contribution in [2.45, 2.75) is 5.41 Å². The molecule has 0 radical (unpaired) electrons. The normalized spacial score (nSPS) is 14.9. The number of allylic oxidation sites excluding steroid dienone is 1. The first kappa shape index (κ1) is 33.5. The molecule has 3 nitrogen and oxygen atoms in total. The average Bonchev–Trinajstić information content (AvgIpc) is 3.93. The van der Waals surface area contributed by atoms with Crippen molar-refractivity contribution in [3.8, 4) is 11.1 Å². The number of rotatable bonds is 6. The van der Waals surface area contributed by atoms with E-state index in [1.54, 1.807) is 0 Å². The minimum atomic E-state index is -0.503. The Kier molecular flexibility index (Phi) is 7.36. The van der Waals surface area contributed by atoms with E-state index < -0.39 is 5.41 Å². The number of aromatic nitrogens is 1. The van der Waals surface area contributed by atoms with Crippen molar-refractivity contribution < 1.29 is 0 Å². The van der Waals surface area contributed by atoms with Crippen molar-refractivity contribution in [1.82, 2.24) is 4.57 Å². The third kappa shape index (κ3) is 4.88. The lowest BCUT2D eigenvalue weighted by Gasteiger charge is -2.32. The number of fused-ring (bicyclic) bond motifs is 12. The molecular formula is C56H39N3. The van der Waals surface area contributed by atoms with Crippen molar-refractivity contribution in [2.75, 3.05) is 9.80 Å². The van der Waals surface area contributed by atoms with Gasteiger partial charge in [0.15, 0.2) is 0 Å². The van der Waals surface area contributed by atoms with Gasteiger partial charge in [0.25, 0.3) is 0 Å². The lowest BCUT2D eigenvalue weighted by atomic mass is 9.73. The summed E-state index contributed by atoms with van der Waals surface area (Å²) >= 11 is 0.